The molecule has 0 bridgehead atoms. The van der Waals surface area contributed by atoms with Crippen LogP contribution in [0.1, 0.15) is 11.1 Å². The number of aromatic nitrogens is 1. The molecule has 0 unspecified atom stereocenters. The molecule has 1 aromatic heterocycles. The van der Waals surface area contributed by atoms with Crippen molar-refractivity contribution in [3.8, 4) is 16.9 Å². The number of pyridine rings is 1. The van der Waals surface area contributed by atoms with Gasteiger partial charge in [-0.3, -0.25) is 4.98 Å². The lowest BCUT2D eigenvalue weighted by molar-refractivity contribution is 0.306. The molecular formula is C20H17NO. The molecule has 108 valence electrons. The summed E-state index contributed by atoms with van der Waals surface area (Å²) in [5.41, 5.74) is 4.38. The van der Waals surface area contributed by atoms with Gasteiger partial charge in [-0.15, -0.1) is 0 Å². The molecule has 0 radical (unpaired) electrons. The SMILES string of the molecule is C=Cc1cnccc1-c1cccc(OCc2ccccc2)c1. The Balaban J connectivity index is 1.82. The Hall–Kier alpha value is -2.87. The Morgan fingerprint density at radius 3 is 2.68 bits per heavy atom. The summed E-state index contributed by atoms with van der Waals surface area (Å²) in [6.07, 6.45) is 5.43. The first-order valence-electron chi connectivity index (χ1n) is 7.20. The van der Waals surface area contributed by atoms with Gasteiger partial charge in [0.25, 0.3) is 0 Å². The molecule has 0 atom stereocenters. The molecule has 3 rings (SSSR count). The Morgan fingerprint density at radius 1 is 1.00 bits per heavy atom. The van der Waals surface area contributed by atoms with E-state index in [2.05, 4.69) is 29.8 Å². The molecule has 3 aromatic rings. The van der Waals surface area contributed by atoms with Gasteiger partial charge in [0.1, 0.15) is 12.4 Å². The monoisotopic (exact) mass is 287 g/mol. The summed E-state index contributed by atoms with van der Waals surface area (Å²) in [6.45, 7) is 4.41. The van der Waals surface area contributed by atoms with E-state index in [9.17, 15) is 0 Å². The normalized spacial score (nSPS) is 10.2. The van der Waals surface area contributed by atoms with Crippen LogP contribution in [0.15, 0.2) is 79.6 Å². The van der Waals surface area contributed by atoms with Crippen LogP contribution < -0.4 is 4.74 Å². The maximum absolute atomic E-state index is 5.89. The van der Waals surface area contributed by atoms with Crippen LogP contribution in [0, 0.1) is 0 Å². The molecule has 2 nitrogen and oxygen atoms in total. The van der Waals surface area contributed by atoms with Crippen molar-refractivity contribution in [2.24, 2.45) is 0 Å². The van der Waals surface area contributed by atoms with Crippen molar-refractivity contribution in [2.45, 2.75) is 6.61 Å². The smallest absolute Gasteiger partial charge is 0.120 e. The molecule has 0 aliphatic rings. The van der Waals surface area contributed by atoms with E-state index in [1.165, 1.54) is 0 Å². The predicted molar refractivity (Wildman–Crippen MR) is 90.5 cm³/mol. The van der Waals surface area contributed by atoms with E-state index in [1.54, 1.807) is 6.20 Å². The topological polar surface area (TPSA) is 22.1 Å². The zero-order chi connectivity index (χ0) is 15.2. The van der Waals surface area contributed by atoms with Gasteiger partial charge in [0.2, 0.25) is 0 Å². The highest BCUT2D eigenvalue weighted by atomic mass is 16.5. The summed E-state index contributed by atoms with van der Waals surface area (Å²) < 4.78 is 5.89. The molecule has 2 heteroatoms. The number of hydrogen-bond donors (Lipinski definition) is 0. The quantitative estimate of drug-likeness (QED) is 0.661. The molecule has 1 heterocycles. The number of rotatable bonds is 5. The van der Waals surface area contributed by atoms with Gasteiger partial charge >= 0.3 is 0 Å². The lowest BCUT2D eigenvalue weighted by Crippen LogP contribution is -1.95. The molecule has 0 saturated heterocycles. The van der Waals surface area contributed by atoms with Gasteiger partial charge in [0.15, 0.2) is 0 Å². The summed E-state index contributed by atoms with van der Waals surface area (Å²) >= 11 is 0. The summed E-state index contributed by atoms with van der Waals surface area (Å²) in [5.74, 6) is 0.855. The Morgan fingerprint density at radius 2 is 1.86 bits per heavy atom. The second-order valence-electron chi connectivity index (χ2n) is 4.97. The minimum absolute atomic E-state index is 0.564. The number of ether oxygens (including phenoxy) is 1. The summed E-state index contributed by atoms with van der Waals surface area (Å²) in [6, 6.07) is 20.2. The van der Waals surface area contributed by atoms with Crippen LogP contribution in [0.25, 0.3) is 17.2 Å². The van der Waals surface area contributed by atoms with Crippen LogP contribution in [0.2, 0.25) is 0 Å². The number of nitrogens with zero attached hydrogens (tertiary/aromatic N) is 1. The Bertz CT molecular complexity index is 765. The third kappa shape index (κ3) is 3.23. The maximum atomic E-state index is 5.89. The van der Waals surface area contributed by atoms with E-state index < -0.39 is 0 Å². The molecule has 0 saturated carbocycles. The fourth-order valence-corrected chi connectivity index (χ4v) is 2.33. The van der Waals surface area contributed by atoms with Crippen LogP contribution in [0.3, 0.4) is 0 Å². The zero-order valence-corrected chi connectivity index (χ0v) is 12.3. The number of benzene rings is 2. The van der Waals surface area contributed by atoms with Gasteiger partial charge in [-0.05, 0) is 34.9 Å². The van der Waals surface area contributed by atoms with Crippen molar-refractivity contribution < 1.29 is 4.74 Å². The predicted octanol–water partition coefficient (Wildman–Crippen LogP) is 4.97. The fourth-order valence-electron chi connectivity index (χ4n) is 2.33. The van der Waals surface area contributed by atoms with Crippen LogP contribution >= 0.6 is 0 Å². The minimum Gasteiger partial charge on any atom is -0.489 e. The van der Waals surface area contributed by atoms with E-state index in [4.69, 9.17) is 4.74 Å². The minimum atomic E-state index is 0.564. The largest absolute Gasteiger partial charge is 0.489 e. The van der Waals surface area contributed by atoms with E-state index in [-0.39, 0.29) is 0 Å². The van der Waals surface area contributed by atoms with Gasteiger partial charge in [0.05, 0.1) is 0 Å². The van der Waals surface area contributed by atoms with Crippen LogP contribution in [0.5, 0.6) is 5.75 Å². The first-order valence-corrected chi connectivity index (χ1v) is 7.20. The average molecular weight is 287 g/mol. The van der Waals surface area contributed by atoms with E-state index in [0.29, 0.717) is 6.61 Å². The fraction of sp³-hybridized carbons (Fsp3) is 0.0500. The van der Waals surface area contributed by atoms with Crippen molar-refractivity contribution in [3.63, 3.8) is 0 Å². The third-order valence-corrected chi connectivity index (χ3v) is 3.47. The molecule has 2 aromatic carbocycles. The molecule has 0 N–H and O–H groups in total. The second kappa shape index (κ2) is 6.72. The molecule has 0 fully saturated rings. The standard InChI is InChI=1S/C20H17NO/c1-2-17-14-21-12-11-20(17)18-9-6-10-19(13-18)22-15-16-7-4-3-5-8-16/h2-14H,1,15H2. The summed E-state index contributed by atoms with van der Waals surface area (Å²) in [4.78, 5) is 4.14. The van der Waals surface area contributed by atoms with Gasteiger partial charge in [-0.25, -0.2) is 0 Å². The average Bonchev–Trinajstić information content (AvgIpc) is 2.61. The highest BCUT2D eigenvalue weighted by Gasteiger charge is 2.04. The lowest BCUT2D eigenvalue weighted by Gasteiger charge is -2.10. The van der Waals surface area contributed by atoms with Gasteiger partial charge < -0.3 is 4.74 Å². The maximum Gasteiger partial charge on any atom is 0.120 e. The van der Waals surface area contributed by atoms with Crippen LogP contribution in [0.4, 0.5) is 0 Å². The van der Waals surface area contributed by atoms with Crippen LogP contribution in [-0.4, -0.2) is 4.98 Å². The summed E-state index contributed by atoms with van der Waals surface area (Å²) in [7, 11) is 0. The highest BCUT2D eigenvalue weighted by Crippen LogP contribution is 2.27. The lowest BCUT2D eigenvalue weighted by atomic mass is 10.0. The van der Waals surface area contributed by atoms with Crippen molar-refractivity contribution in [1.82, 2.24) is 4.98 Å². The van der Waals surface area contributed by atoms with E-state index in [0.717, 1.165) is 28.0 Å². The first-order chi connectivity index (χ1) is 10.9. The molecule has 0 spiro atoms. The van der Waals surface area contributed by atoms with Gasteiger partial charge in [-0.1, -0.05) is 55.1 Å². The number of hydrogen-bond acceptors (Lipinski definition) is 2. The Labute approximate surface area is 130 Å². The Kier molecular flexibility index (Phi) is 4.30. The van der Waals surface area contributed by atoms with Crippen molar-refractivity contribution >= 4 is 6.08 Å². The summed E-state index contributed by atoms with van der Waals surface area (Å²) in [5, 5.41) is 0. The van der Waals surface area contributed by atoms with Crippen molar-refractivity contribution in [1.29, 1.82) is 0 Å². The highest BCUT2D eigenvalue weighted by molar-refractivity contribution is 5.74. The second-order valence-corrected chi connectivity index (χ2v) is 4.97. The van der Waals surface area contributed by atoms with Gasteiger partial charge in [0, 0.05) is 18.0 Å². The molecule has 0 amide bonds. The van der Waals surface area contributed by atoms with Crippen molar-refractivity contribution in [3.05, 3.63) is 90.8 Å². The first kappa shape index (κ1) is 14.1. The third-order valence-electron chi connectivity index (χ3n) is 3.47. The molecular weight excluding hydrogens is 270 g/mol. The van der Waals surface area contributed by atoms with Gasteiger partial charge in [-0.2, -0.15) is 0 Å². The van der Waals surface area contributed by atoms with Crippen molar-refractivity contribution in [2.75, 3.05) is 0 Å². The van der Waals surface area contributed by atoms with Crippen LogP contribution in [-0.2, 0) is 6.61 Å². The van der Waals surface area contributed by atoms with E-state index >= 15 is 0 Å². The zero-order valence-electron chi connectivity index (χ0n) is 12.3. The molecule has 0 aliphatic heterocycles. The molecule has 0 aliphatic carbocycles. The van der Waals surface area contributed by atoms with E-state index in [1.807, 2.05) is 54.7 Å². The molecule has 22 heavy (non-hydrogen) atoms.